The van der Waals surface area contributed by atoms with E-state index in [0.29, 0.717) is 0 Å². The first-order valence-electron chi connectivity index (χ1n) is 5.15. The standard InChI is InChI=1S/C13H14/c1-9-5-6-11-4-2-3-10-7-12(9)13(11)8-10/h5-7H,2-4,8H2,1H3. The molecule has 0 saturated heterocycles. The summed E-state index contributed by atoms with van der Waals surface area (Å²) in [6, 6.07) is 4.61. The van der Waals surface area contributed by atoms with Crippen molar-refractivity contribution in [3.63, 3.8) is 0 Å². The molecule has 1 aromatic carbocycles. The molecule has 0 heteroatoms. The summed E-state index contributed by atoms with van der Waals surface area (Å²) in [4.78, 5) is 0. The lowest BCUT2D eigenvalue weighted by molar-refractivity contribution is 0.828. The van der Waals surface area contributed by atoms with Gasteiger partial charge in [-0.15, -0.1) is 0 Å². The highest BCUT2D eigenvalue weighted by Crippen LogP contribution is 2.36. The van der Waals surface area contributed by atoms with Crippen molar-refractivity contribution in [3.05, 3.63) is 40.0 Å². The molecule has 0 atom stereocenters. The quantitative estimate of drug-likeness (QED) is 0.560. The zero-order valence-corrected chi connectivity index (χ0v) is 8.06. The van der Waals surface area contributed by atoms with E-state index in [0.717, 1.165) is 0 Å². The van der Waals surface area contributed by atoms with Crippen molar-refractivity contribution in [1.29, 1.82) is 0 Å². The second-order valence-electron chi connectivity index (χ2n) is 4.27. The largest absolute Gasteiger partial charge is 0.0652 e. The molecule has 0 radical (unpaired) electrons. The Bertz CT molecular complexity index is 397. The van der Waals surface area contributed by atoms with E-state index in [2.05, 4.69) is 25.1 Å². The lowest BCUT2D eigenvalue weighted by atomic mass is 9.96. The van der Waals surface area contributed by atoms with Gasteiger partial charge in [0.1, 0.15) is 0 Å². The van der Waals surface area contributed by atoms with Crippen molar-refractivity contribution < 1.29 is 0 Å². The van der Waals surface area contributed by atoms with Crippen molar-refractivity contribution in [2.75, 3.05) is 0 Å². The van der Waals surface area contributed by atoms with Gasteiger partial charge in [0.25, 0.3) is 0 Å². The third-order valence-electron chi connectivity index (χ3n) is 3.37. The van der Waals surface area contributed by atoms with E-state index in [4.69, 9.17) is 0 Å². The van der Waals surface area contributed by atoms with Crippen LogP contribution in [0.4, 0.5) is 0 Å². The van der Waals surface area contributed by atoms with Crippen LogP contribution >= 0.6 is 0 Å². The fourth-order valence-electron chi connectivity index (χ4n) is 2.62. The van der Waals surface area contributed by atoms with E-state index in [1.165, 1.54) is 36.8 Å². The molecule has 0 aliphatic heterocycles. The zero-order valence-electron chi connectivity index (χ0n) is 8.06. The van der Waals surface area contributed by atoms with Gasteiger partial charge in [0.05, 0.1) is 0 Å². The van der Waals surface area contributed by atoms with E-state index in [-0.39, 0.29) is 0 Å². The normalized spacial score (nSPS) is 18.4. The first-order chi connectivity index (χ1) is 6.34. The van der Waals surface area contributed by atoms with Crippen LogP contribution in [-0.2, 0) is 12.8 Å². The molecule has 0 heterocycles. The second kappa shape index (κ2) is 2.47. The van der Waals surface area contributed by atoms with E-state index >= 15 is 0 Å². The maximum absolute atomic E-state index is 2.42. The highest BCUT2D eigenvalue weighted by molar-refractivity contribution is 5.68. The van der Waals surface area contributed by atoms with Crippen LogP contribution in [0, 0.1) is 6.92 Å². The fraction of sp³-hybridized carbons (Fsp3) is 0.385. The van der Waals surface area contributed by atoms with E-state index in [9.17, 15) is 0 Å². The van der Waals surface area contributed by atoms with Crippen molar-refractivity contribution in [3.8, 4) is 0 Å². The highest BCUT2D eigenvalue weighted by atomic mass is 14.2. The van der Waals surface area contributed by atoms with E-state index in [1.54, 1.807) is 16.7 Å². The van der Waals surface area contributed by atoms with Gasteiger partial charge < -0.3 is 0 Å². The Balaban J connectivity index is 2.30. The van der Waals surface area contributed by atoms with Crippen LogP contribution in [0.15, 0.2) is 17.7 Å². The number of aryl methyl sites for hydroxylation is 2. The molecule has 3 rings (SSSR count). The smallest absolute Gasteiger partial charge is 0.00550 e. The maximum atomic E-state index is 2.42. The molecule has 0 spiro atoms. The Morgan fingerprint density at radius 3 is 3.00 bits per heavy atom. The summed E-state index contributed by atoms with van der Waals surface area (Å²) in [6.07, 6.45) is 7.62. The molecular weight excluding hydrogens is 156 g/mol. The second-order valence-corrected chi connectivity index (χ2v) is 4.27. The number of fused-ring (bicyclic) bond motifs is 1. The third kappa shape index (κ3) is 0.980. The Labute approximate surface area is 79.3 Å². The lowest BCUT2D eigenvalue weighted by Gasteiger charge is -2.09. The summed E-state index contributed by atoms with van der Waals surface area (Å²) >= 11 is 0. The number of hydrogen-bond acceptors (Lipinski definition) is 0. The molecule has 2 aliphatic rings. The van der Waals surface area contributed by atoms with Crippen molar-refractivity contribution in [1.82, 2.24) is 0 Å². The Morgan fingerprint density at radius 1 is 1.15 bits per heavy atom. The molecule has 0 nitrogen and oxygen atoms in total. The minimum Gasteiger partial charge on any atom is -0.0652 e. The summed E-state index contributed by atoms with van der Waals surface area (Å²) in [5.41, 5.74) is 7.88. The van der Waals surface area contributed by atoms with Gasteiger partial charge in [-0.1, -0.05) is 23.8 Å². The van der Waals surface area contributed by atoms with Crippen molar-refractivity contribution in [2.45, 2.75) is 32.6 Å². The van der Waals surface area contributed by atoms with Gasteiger partial charge in [0.2, 0.25) is 0 Å². The maximum Gasteiger partial charge on any atom is -0.00550 e. The third-order valence-corrected chi connectivity index (χ3v) is 3.37. The molecule has 0 fully saturated rings. The Morgan fingerprint density at radius 2 is 2.08 bits per heavy atom. The average Bonchev–Trinajstić information content (AvgIpc) is 2.42. The molecular formula is C13H14. The van der Waals surface area contributed by atoms with Gasteiger partial charge in [-0.05, 0) is 54.9 Å². The van der Waals surface area contributed by atoms with Crippen LogP contribution in [0.1, 0.15) is 35.1 Å². The number of allylic oxidation sites excluding steroid dienone is 1. The minimum atomic E-state index is 1.24. The average molecular weight is 170 g/mol. The molecule has 0 saturated carbocycles. The van der Waals surface area contributed by atoms with Crippen molar-refractivity contribution >= 4 is 6.08 Å². The molecule has 13 heavy (non-hydrogen) atoms. The SMILES string of the molecule is Cc1ccc2c3c1C=C(CCC2)C3. The highest BCUT2D eigenvalue weighted by Gasteiger charge is 2.20. The summed E-state index contributed by atoms with van der Waals surface area (Å²) in [7, 11) is 0. The van der Waals surface area contributed by atoms with Crippen LogP contribution in [-0.4, -0.2) is 0 Å². The van der Waals surface area contributed by atoms with Gasteiger partial charge in [0, 0.05) is 0 Å². The summed E-state index contributed by atoms with van der Waals surface area (Å²) in [6.45, 7) is 2.23. The molecule has 1 aromatic rings. The predicted molar refractivity (Wildman–Crippen MR) is 55.8 cm³/mol. The summed E-state index contributed by atoms with van der Waals surface area (Å²) < 4.78 is 0. The Hall–Kier alpha value is -1.04. The van der Waals surface area contributed by atoms with Gasteiger partial charge >= 0.3 is 0 Å². The number of benzene rings is 1. The number of rotatable bonds is 0. The van der Waals surface area contributed by atoms with E-state index < -0.39 is 0 Å². The Kier molecular flexibility index (Phi) is 1.40. The number of hydrogen-bond donors (Lipinski definition) is 0. The van der Waals surface area contributed by atoms with E-state index in [1.807, 2.05) is 0 Å². The fourth-order valence-corrected chi connectivity index (χ4v) is 2.62. The lowest BCUT2D eigenvalue weighted by Crippen LogP contribution is -1.93. The van der Waals surface area contributed by atoms with Gasteiger partial charge in [-0.25, -0.2) is 0 Å². The monoisotopic (exact) mass is 170 g/mol. The molecule has 66 valence electrons. The molecule has 2 aliphatic carbocycles. The molecule has 0 aromatic heterocycles. The summed E-state index contributed by atoms with van der Waals surface area (Å²) in [5, 5.41) is 0. The van der Waals surface area contributed by atoms with Gasteiger partial charge in [-0.2, -0.15) is 0 Å². The summed E-state index contributed by atoms with van der Waals surface area (Å²) in [5.74, 6) is 0. The van der Waals surface area contributed by atoms with Crippen LogP contribution in [0.5, 0.6) is 0 Å². The van der Waals surface area contributed by atoms with Crippen LogP contribution in [0.2, 0.25) is 0 Å². The molecule has 0 unspecified atom stereocenters. The molecule has 0 amide bonds. The van der Waals surface area contributed by atoms with Crippen molar-refractivity contribution in [2.24, 2.45) is 0 Å². The predicted octanol–water partition coefficient (Wildman–Crippen LogP) is 3.27. The minimum absolute atomic E-state index is 1.24. The zero-order chi connectivity index (χ0) is 8.84. The first kappa shape index (κ1) is 7.37. The van der Waals surface area contributed by atoms with Gasteiger partial charge in [-0.3, -0.25) is 0 Å². The first-order valence-corrected chi connectivity index (χ1v) is 5.15. The van der Waals surface area contributed by atoms with Crippen LogP contribution < -0.4 is 0 Å². The van der Waals surface area contributed by atoms with Crippen LogP contribution in [0.3, 0.4) is 0 Å². The topological polar surface area (TPSA) is 0 Å². The van der Waals surface area contributed by atoms with Gasteiger partial charge in [0.15, 0.2) is 0 Å². The molecule has 0 N–H and O–H groups in total. The molecule has 2 bridgehead atoms. The van der Waals surface area contributed by atoms with Crippen LogP contribution in [0.25, 0.3) is 6.08 Å².